The Balaban J connectivity index is 2.30. The number of aromatic nitrogens is 2. The van der Waals surface area contributed by atoms with E-state index in [0.717, 1.165) is 10.4 Å². The zero-order chi connectivity index (χ0) is 15.1. The van der Waals surface area contributed by atoms with Gasteiger partial charge in [-0.15, -0.1) is 11.3 Å². The molecular formula is C15H14N2O3S. The van der Waals surface area contributed by atoms with Gasteiger partial charge in [-0.2, -0.15) is 0 Å². The maximum absolute atomic E-state index is 12.3. The fourth-order valence-electron chi connectivity index (χ4n) is 2.26. The van der Waals surface area contributed by atoms with Gasteiger partial charge in [0.1, 0.15) is 10.7 Å². The number of phenols is 1. The number of rotatable bonds is 2. The van der Waals surface area contributed by atoms with Gasteiger partial charge in [0.2, 0.25) is 0 Å². The Bertz CT molecular complexity index is 896. The number of nitrogens with one attached hydrogen (secondary N) is 1. The topological polar surface area (TPSA) is 75.2 Å². The normalized spacial score (nSPS) is 11.0. The molecule has 2 aromatic heterocycles. The molecular weight excluding hydrogens is 288 g/mol. The van der Waals surface area contributed by atoms with E-state index in [1.807, 2.05) is 13.8 Å². The van der Waals surface area contributed by atoms with Crippen LogP contribution in [0.3, 0.4) is 0 Å². The molecule has 0 spiro atoms. The molecule has 0 bridgehead atoms. The van der Waals surface area contributed by atoms with Crippen LogP contribution in [0.5, 0.6) is 11.5 Å². The summed E-state index contributed by atoms with van der Waals surface area (Å²) in [5.74, 6) is 0.645. The molecule has 0 aliphatic carbocycles. The van der Waals surface area contributed by atoms with Crippen LogP contribution in [-0.2, 0) is 0 Å². The first kappa shape index (κ1) is 13.6. The molecule has 0 aliphatic rings. The van der Waals surface area contributed by atoms with Gasteiger partial charge in [-0.25, -0.2) is 4.98 Å². The summed E-state index contributed by atoms with van der Waals surface area (Å²) in [7, 11) is 1.48. The van der Waals surface area contributed by atoms with Crippen molar-refractivity contribution in [2.45, 2.75) is 13.8 Å². The molecule has 1 aromatic carbocycles. The minimum atomic E-state index is -0.195. The van der Waals surface area contributed by atoms with Gasteiger partial charge < -0.3 is 14.8 Å². The molecule has 0 saturated heterocycles. The molecule has 2 heterocycles. The summed E-state index contributed by atoms with van der Waals surface area (Å²) in [5.41, 5.74) is 1.20. The molecule has 3 rings (SSSR count). The van der Waals surface area contributed by atoms with Crippen LogP contribution in [0.15, 0.2) is 23.0 Å². The number of benzene rings is 1. The van der Waals surface area contributed by atoms with Crippen molar-refractivity contribution < 1.29 is 9.84 Å². The molecule has 3 aromatic rings. The van der Waals surface area contributed by atoms with E-state index in [4.69, 9.17) is 4.74 Å². The molecule has 0 radical (unpaired) electrons. The Morgan fingerprint density at radius 1 is 1.33 bits per heavy atom. The number of hydrogen-bond donors (Lipinski definition) is 2. The number of aryl methyl sites for hydroxylation is 2. The smallest absolute Gasteiger partial charge is 0.260 e. The van der Waals surface area contributed by atoms with Crippen LogP contribution in [0.1, 0.15) is 10.4 Å². The summed E-state index contributed by atoms with van der Waals surface area (Å²) in [5, 5.41) is 10.8. The lowest BCUT2D eigenvalue weighted by atomic mass is 10.1. The van der Waals surface area contributed by atoms with Crippen molar-refractivity contribution in [2.75, 3.05) is 7.11 Å². The van der Waals surface area contributed by atoms with E-state index in [1.54, 1.807) is 18.2 Å². The van der Waals surface area contributed by atoms with Gasteiger partial charge in [-0.3, -0.25) is 4.79 Å². The first-order valence-electron chi connectivity index (χ1n) is 6.39. The summed E-state index contributed by atoms with van der Waals surface area (Å²) in [6.45, 7) is 3.87. The summed E-state index contributed by atoms with van der Waals surface area (Å²) in [4.78, 5) is 21.2. The predicted molar refractivity (Wildman–Crippen MR) is 83.4 cm³/mol. The number of phenolic OH excluding ortho intramolecular Hbond substituents is 1. The van der Waals surface area contributed by atoms with Crippen LogP contribution in [-0.4, -0.2) is 22.2 Å². The summed E-state index contributed by atoms with van der Waals surface area (Å²) >= 11 is 1.47. The van der Waals surface area contributed by atoms with Gasteiger partial charge in [0.25, 0.3) is 5.56 Å². The van der Waals surface area contributed by atoms with Gasteiger partial charge >= 0.3 is 0 Å². The average molecular weight is 302 g/mol. The second-order valence-electron chi connectivity index (χ2n) is 4.73. The highest BCUT2D eigenvalue weighted by Crippen LogP contribution is 2.36. The lowest BCUT2D eigenvalue weighted by Gasteiger charge is -2.08. The van der Waals surface area contributed by atoms with Crippen molar-refractivity contribution >= 4 is 21.6 Å². The number of aromatic hydroxyl groups is 1. The molecule has 6 heteroatoms. The number of ether oxygens (including phenoxy) is 1. The summed E-state index contributed by atoms with van der Waals surface area (Å²) < 4.78 is 5.08. The Morgan fingerprint density at radius 2 is 2.10 bits per heavy atom. The molecule has 2 N–H and O–H groups in total. The van der Waals surface area contributed by atoms with Crippen molar-refractivity contribution in [1.29, 1.82) is 0 Å². The maximum Gasteiger partial charge on any atom is 0.260 e. The quantitative estimate of drug-likeness (QED) is 0.763. The molecule has 108 valence electrons. The Hall–Kier alpha value is -2.34. The van der Waals surface area contributed by atoms with Crippen molar-refractivity contribution in [2.24, 2.45) is 0 Å². The van der Waals surface area contributed by atoms with Crippen LogP contribution >= 0.6 is 11.3 Å². The van der Waals surface area contributed by atoms with Crippen LogP contribution < -0.4 is 10.3 Å². The summed E-state index contributed by atoms with van der Waals surface area (Å²) in [6.07, 6.45) is 0. The zero-order valence-electron chi connectivity index (χ0n) is 11.9. The van der Waals surface area contributed by atoms with Gasteiger partial charge in [-0.05, 0) is 31.5 Å². The monoisotopic (exact) mass is 302 g/mol. The lowest BCUT2D eigenvalue weighted by Crippen LogP contribution is -2.09. The first-order valence-corrected chi connectivity index (χ1v) is 7.21. The van der Waals surface area contributed by atoms with E-state index in [-0.39, 0.29) is 11.3 Å². The van der Waals surface area contributed by atoms with E-state index in [2.05, 4.69) is 9.97 Å². The Labute approximate surface area is 124 Å². The number of hydrogen-bond acceptors (Lipinski definition) is 5. The minimum absolute atomic E-state index is 0.0347. The summed E-state index contributed by atoms with van der Waals surface area (Å²) in [6, 6.07) is 5.08. The van der Waals surface area contributed by atoms with Crippen molar-refractivity contribution in [1.82, 2.24) is 9.97 Å². The molecule has 0 amide bonds. The lowest BCUT2D eigenvalue weighted by molar-refractivity contribution is 0.374. The number of H-pyrrole nitrogens is 1. The van der Waals surface area contributed by atoms with E-state index in [0.29, 0.717) is 27.4 Å². The van der Waals surface area contributed by atoms with Crippen molar-refractivity contribution in [3.8, 4) is 22.9 Å². The number of aromatic amines is 1. The van der Waals surface area contributed by atoms with Crippen molar-refractivity contribution in [3.05, 3.63) is 39.0 Å². The van der Waals surface area contributed by atoms with Gasteiger partial charge in [0.15, 0.2) is 11.5 Å². The van der Waals surface area contributed by atoms with E-state index in [1.165, 1.54) is 18.4 Å². The fraction of sp³-hybridized carbons (Fsp3) is 0.200. The van der Waals surface area contributed by atoms with Gasteiger partial charge in [-0.1, -0.05) is 6.07 Å². The third kappa shape index (κ3) is 2.08. The van der Waals surface area contributed by atoms with Crippen LogP contribution in [0.4, 0.5) is 0 Å². The van der Waals surface area contributed by atoms with Crippen LogP contribution in [0, 0.1) is 13.8 Å². The second kappa shape index (κ2) is 4.89. The zero-order valence-corrected chi connectivity index (χ0v) is 12.7. The highest BCUT2D eigenvalue weighted by molar-refractivity contribution is 7.18. The van der Waals surface area contributed by atoms with E-state index < -0.39 is 0 Å². The molecule has 21 heavy (non-hydrogen) atoms. The van der Waals surface area contributed by atoms with Crippen molar-refractivity contribution in [3.63, 3.8) is 0 Å². The van der Waals surface area contributed by atoms with Gasteiger partial charge in [0, 0.05) is 4.88 Å². The Kier molecular flexibility index (Phi) is 3.17. The number of para-hydroxylation sites is 1. The average Bonchev–Trinajstić information content (AvgIpc) is 2.74. The van der Waals surface area contributed by atoms with Crippen LogP contribution in [0.25, 0.3) is 21.6 Å². The number of fused-ring (bicyclic) bond motifs is 1. The number of thiophene rings is 1. The highest BCUT2D eigenvalue weighted by atomic mass is 32.1. The number of methoxy groups -OCH3 is 1. The number of nitrogens with zero attached hydrogens (tertiary/aromatic N) is 1. The van der Waals surface area contributed by atoms with Crippen LogP contribution in [0.2, 0.25) is 0 Å². The maximum atomic E-state index is 12.3. The molecule has 0 atom stereocenters. The van der Waals surface area contributed by atoms with E-state index >= 15 is 0 Å². The SMILES string of the molecule is COc1cccc(-c2nc3sc(C)c(C)c3c(=O)[nH]2)c1O. The highest BCUT2D eigenvalue weighted by Gasteiger charge is 2.16. The van der Waals surface area contributed by atoms with E-state index in [9.17, 15) is 9.90 Å². The third-order valence-corrected chi connectivity index (χ3v) is 4.61. The molecule has 0 fully saturated rings. The molecule has 0 saturated carbocycles. The standard InChI is InChI=1S/C15H14N2O3S/c1-7-8(2)21-15-11(7)14(19)16-13(17-15)9-5-4-6-10(20-3)12(9)18/h4-6,18H,1-3H3,(H,16,17,19). The molecule has 0 aliphatic heterocycles. The predicted octanol–water partition coefficient (Wildman–Crippen LogP) is 2.98. The fourth-order valence-corrected chi connectivity index (χ4v) is 3.29. The first-order chi connectivity index (χ1) is 10.0. The molecule has 0 unspecified atom stereocenters. The second-order valence-corrected chi connectivity index (χ2v) is 5.94. The molecule has 5 nitrogen and oxygen atoms in total. The largest absolute Gasteiger partial charge is 0.504 e. The Morgan fingerprint density at radius 3 is 2.81 bits per heavy atom. The minimum Gasteiger partial charge on any atom is -0.504 e. The van der Waals surface area contributed by atoms with Gasteiger partial charge in [0.05, 0.1) is 18.1 Å². The third-order valence-electron chi connectivity index (χ3n) is 3.51.